The molecule has 0 aromatic heterocycles. The molecule has 17 heavy (non-hydrogen) atoms. The minimum atomic E-state index is 0.278. The molecule has 3 N–H and O–H groups in total. The summed E-state index contributed by atoms with van der Waals surface area (Å²) in [6.45, 7) is 9.40. The molecular weight excluding hydrogens is 210 g/mol. The standard InChI is InChI=1S/C14H31N3/c1-4-7-10-13(16-15)14(5-2,6-3)17-11-8-9-12-17/h13,16H,4-12,15H2,1-3H3. The van der Waals surface area contributed by atoms with Gasteiger partial charge in [-0.25, -0.2) is 0 Å². The van der Waals surface area contributed by atoms with E-state index in [0.717, 1.165) is 0 Å². The molecule has 0 spiro atoms. The van der Waals surface area contributed by atoms with Gasteiger partial charge in [0, 0.05) is 11.6 Å². The van der Waals surface area contributed by atoms with Gasteiger partial charge in [-0.3, -0.25) is 16.2 Å². The van der Waals surface area contributed by atoms with Crippen LogP contribution in [0.5, 0.6) is 0 Å². The zero-order valence-corrected chi connectivity index (χ0v) is 12.0. The smallest absolute Gasteiger partial charge is 0.0394 e. The molecule has 0 amide bonds. The number of hydrazine groups is 1. The fourth-order valence-corrected chi connectivity index (χ4v) is 3.49. The average Bonchev–Trinajstić information content (AvgIpc) is 2.89. The third kappa shape index (κ3) is 3.21. The Kier molecular flexibility index (Phi) is 6.45. The van der Waals surface area contributed by atoms with Gasteiger partial charge in [-0.1, -0.05) is 33.6 Å². The molecule has 0 aromatic rings. The van der Waals surface area contributed by atoms with E-state index in [4.69, 9.17) is 5.84 Å². The number of hydrogen-bond donors (Lipinski definition) is 2. The Morgan fingerprint density at radius 2 is 1.76 bits per heavy atom. The Bertz CT molecular complexity index is 196. The van der Waals surface area contributed by atoms with Crippen molar-refractivity contribution in [3.63, 3.8) is 0 Å². The van der Waals surface area contributed by atoms with Gasteiger partial charge >= 0.3 is 0 Å². The normalized spacial score (nSPS) is 19.8. The van der Waals surface area contributed by atoms with Gasteiger partial charge in [0.05, 0.1) is 0 Å². The van der Waals surface area contributed by atoms with E-state index in [-0.39, 0.29) is 5.54 Å². The summed E-state index contributed by atoms with van der Waals surface area (Å²) < 4.78 is 0. The Morgan fingerprint density at radius 1 is 1.18 bits per heavy atom. The maximum atomic E-state index is 5.84. The number of nitrogens with zero attached hydrogens (tertiary/aromatic N) is 1. The SMILES string of the molecule is CCCCC(NN)C(CC)(CC)N1CCCC1. The first kappa shape index (κ1) is 14.9. The molecule has 0 aliphatic carbocycles. The van der Waals surface area contributed by atoms with Crippen LogP contribution in [0.25, 0.3) is 0 Å². The van der Waals surface area contributed by atoms with Gasteiger partial charge in [0.2, 0.25) is 0 Å². The van der Waals surface area contributed by atoms with E-state index in [1.807, 2.05) is 0 Å². The molecule has 0 aromatic carbocycles. The molecule has 0 saturated carbocycles. The lowest BCUT2D eigenvalue weighted by atomic mass is 9.80. The van der Waals surface area contributed by atoms with Crippen molar-refractivity contribution < 1.29 is 0 Å². The van der Waals surface area contributed by atoms with Crippen LogP contribution >= 0.6 is 0 Å². The van der Waals surface area contributed by atoms with E-state index in [1.165, 1.54) is 58.0 Å². The average molecular weight is 241 g/mol. The lowest BCUT2D eigenvalue weighted by molar-refractivity contribution is 0.0577. The summed E-state index contributed by atoms with van der Waals surface area (Å²) in [4.78, 5) is 2.69. The summed E-state index contributed by atoms with van der Waals surface area (Å²) in [6.07, 6.45) is 8.82. The van der Waals surface area contributed by atoms with Crippen molar-refractivity contribution in [1.29, 1.82) is 0 Å². The van der Waals surface area contributed by atoms with E-state index in [2.05, 4.69) is 31.1 Å². The molecule has 102 valence electrons. The molecule has 1 aliphatic heterocycles. The summed E-state index contributed by atoms with van der Waals surface area (Å²) >= 11 is 0. The molecule has 3 nitrogen and oxygen atoms in total. The first-order chi connectivity index (χ1) is 8.25. The van der Waals surface area contributed by atoms with Gasteiger partial charge in [0.25, 0.3) is 0 Å². The quantitative estimate of drug-likeness (QED) is 0.507. The molecule has 3 heteroatoms. The summed E-state index contributed by atoms with van der Waals surface area (Å²) in [7, 11) is 0. The van der Waals surface area contributed by atoms with Gasteiger partial charge in [-0.05, 0) is 45.2 Å². The number of likely N-dealkylation sites (tertiary alicyclic amines) is 1. The molecule has 1 saturated heterocycles. The highest BCUT2D eigenvalue weighted by Crippen LogP contribution is 2.33. The third-order valence-electron chi connectivity index (χ3n) is 4.66. The number of rotatable bonds is 8. The van der Waals surface area contributed by atoms with E-state index >= 15 is 0 Å². The summed E-state index contributed by atoms with van der Waals surface area (Å²) in [5.41, 5.74) is 3.39. The van der Waals surface area contributed by atoms with E-state index < -0.39 is 0 Å². The van der Waals surface area contributed by atoms with Gasteiger partial charge in [0.1, 0.15) is 0 Å². The summed E-state index contributed by atoms with van der Waals surface area (Å²) in [6, 6.07) is 0.440. The van der Waals surface area contributed by atoms with Gasteiger partial charge < -0.3 is 0 Å². The molecule has 1 atom stereocenters. The maximum absolute atomic E-state index is 5.84. The van der Waals surface area contributed by atoms with Crippen molar-refractivity contribution >= 4 is 0 Å². The van der Waals surface area contributed by atoms with E-state index in [9.17, 15) is 0 Å². The second-order valence-corrected chi connectivity index (χ2v) is 5.37. The highest BCUT2D eigenvalue weighted by molar-refractivity contribution is 4.99. The van der Waals surface area contributed by atoms with Crippen molar-refractivity contribution in [3.8, 4) is 0 Å². The van der Waals surface area contributed by atoms with Crippen molar-refractivity contribution in [2.24, 2.45) is 5.84 Å². The Hall–Kier alpha value is -0.120. The number of nitrogens with two attached hydrogens (primary N) is 1. The molecule has 1 unspecified atom stereocenters. The monoisotopic (exact) mass is 241 g/mol. The van der Waals surface area contributed by atoms with Crippen LogP contribution in [-0.2, 0) is 0 Å². The second kappa shape index (κ2) is 7.34. The molecular formula is C14H31N3. The van der Waals surface area contributed by atoms with Crippen LogP contribution in [0.2, 0.25) is 0 Å². The Balaban J connectivity index is 2.78. The number of unbranched alkanes of at least 4 members (excludes halogenated alkanes) is 1. The summed E-state index contributed by atoms with van der Waals surface area (Å²) in [5, 5.41) is 0. The number of hydrogen-bond acceptors (Lipinski definition) is 3. The number of nitrogens with one attached hydrogen (secondary N) is 1. The summed E-state index contributed by atoms with van der Waals surface area (Å²) in [5.74, 6) is 5.84. The fourth-order valence-electron chi connectivity index (χ4n) is 3.49. The largest absolute Gasteiger partial charge is 0.296 e. The van der Waals surface area contributed by atoms with E-state index in [1.54, 1.807) is 0 Å². The van der Waals surface area contributed by atoms with Gasteiger partial charge in [-0.15, -0.1) is 0 Å². The lowest BCUT2D eigenvalue weighted by Gasteiger charge is -2.46. The van der Waals surface area contributed by atoms with Crippen LogP contribution in [0.3, 0.4) is 0 Å². The predicted molar refractivity (Wildman–Crippen MR) is 74.8 cm³/mol. The second-order valence-electron chi connectivity index (χ2n) is 5.37. The Morgan fingerprint density at radius 3 is 2.18 bits per heavy atom. The highest BCUT2D eigenvalue weighted by Gasteiger charge is 2.41. The van der Waals surface area contributed by atoms with Crippen molar-refractivity contribution in [2.75, 3.05) is 13.1 Å². The van der Waals surface area contributed by atoms with Crippen LogP contribution < -0.4 is 11.3 Å². The third-order valence-corrected chi connectivity index (χ3v) is 4.66. The van der Waals surface area contributed by atoms with Crippen molar-refractivity contribution in [1.82, 2.24) is 10.3 Å². The topological polar surface area (TPSA) is 41.3 Å². The zero-order chi connectivity index (χ0) is 12.7. The Labute approximate surface area is 107 Å². The molecule has 1 aliphatic rings. The zero-order valence-electron chi connectivity index (χ0n) is 12.0. The molecule has 0 bridgehead atoms. The van der Waals surface area contributed by atoms with Crippen LogP contribution in [0.15, 0.2) is 0 Å². The lowest BCUT2D eigenvalue weighted by Crippen LogP contribution is -2.61. The molecule has 1 heterocycles. The van der Waals surface area contributed by atoms with Crippen molar-refractivity contribution in [2.45, 2.75) is 77.3 Å². The predicted octanol–water partition coefficient (Wildman–Crippen LogP) is 2.66. The minimum absolute atomic E-state index is 0.278. The van der Waals surface area contributed by atoms with Crippen molar-refractivity contribution in [3.05, 3.63) is 0 Å². The van der Waals surface area contributed by atoms with Gasteiger partial charge in [0.15, 0.2) is 0 Å². The van der Waals surface area contributed by atoms with Crippen LogP contribution in [0, 0.1) is 0 Å². The molecule has 1 rings (SSSR count). The maximum Gasteiger partial charge on any atom is 0.0394 e. The van der Waals surface area contributed by atoms with Gasteiger partial charge in [-0.2, -0.15) is 0 Å². The van der Waals surface area contributed by atoms with Crippen LogP contribution in [0.4, 0.5) is 0 Å². The fraction of sp³-hybridized carbons (Fsp3) is 1.00. The first-order valence-electron chi connectivity index (χ1n) is 7.46. The first-order valence-corrected chi connectivity index (χ1v) is 7.46. The van der Waals surface area contributed by atoms with Crippen LogP contribution in [-0.4, -0.2) is 29.6 Å². The minimum Gasteiger partial charge on any atom is -0.296 e. The molecule has 0 radical (unpaired) electrons. The highest BCUT2D eigenvalue weighted by atomic mass is 15.3. The molecule has 1 fully saturated rings. The van der Waals surface area contributed by atoms with Crippen LogP contribution in [0.1, 0.15) is 65.7 Å². The van der Waals surface area contributed by atoms with E-state index in [0.29, 0.717) is 6.04 Å².